The summed E-state index contributed by atoms with van der Waals surface area (Å²) in [6.45, 7) is 5.11. The SMILES string of the molecule is CNC1C(=O)N(c2ccc[nH]2)CCCC1(C)C. The van der Waals surface area contributed by atoms with Crippen molar-refractivity contribution in [3.8, 4) is 0 Å². The average Bonchev–Trinajstić information content (AvgIpc) is 2.74. The Morgan fingerprint density at radius 2 is 2.29 bits per heavy atom. The van der Waals surface area contributed by atoms with Gasteiger partial charge in [-0.05, 0) is 37.4 Å². The number of amides is 1. The van der Waals surface area contributed by atoms with E-state index in [2.05, 4.69) is 24.1 Å². The molecule has 1 unspecified atom stereocenters. The summed E-state index contributed by atoms with van der Waals surface area (Å²) in [6.07, 6.45) is 3.95. The number of nitrogens with zero attached hydrogens (tertiary/aromatic N) is 1. The van der Waals surface area contributed by atoms with Crippen molar-refractivity contribution in [2.75, 3.05) is 18.5 Å². The van der Waals surface area contributed by atoms with Crippen LogP contribution in [0.4, 0.5) is 5.82 Å². The first-order valence-electron chi connectivity index (χ1n) is 6.18. The third kappa shape index (κ3) is 2.22. The second-order valence-corrected chi connectivity index (χ2v) is 5.36. The highest BCUT2D eigenvalue weighted by atomic mass is 16.2. The highest BCUT2D eigenvalue weighted by molar-refractivity contribution is 5.97. The van der Waals surface area contributed by atoms with Crippen LogP contribution >= 0.6 is 0 Å². The lowest BCUT2D eigenvalue weighted by Gasteiger charge is -2.32. The molecule has 1 aromatic rings. The molecule has 1 aliphatic rings. The van der Waals surface area contributed by atoms with Gasteiger partial charge in [-0.15, -0.1) is 0 Å². The summed E-state index contributed by atoms with van der Waals surface area (Å²) in [7, 11) is 1.86. The monoisotopic (exact) mass is 235 g/mol. The van der Waals surface area contributed by atoms with Crippen LogP contribution in [0.1, 0.15) is 26.7 Å². The Morgan fingerprint density at radius 1 is 1.53 bits per heavy atom. The van der Waals surface area contributed by atoms with Gasteiger partial charge in [0.1, 0.15) is 5.82 Å². The Labute approximate surface area is 102 Å². The highest BCUT2D eigenvalue weighted by Crippen LogP contribution is 2.32. The van der Waals surface area contributed by atoms with Gasteiger partial charge in [0, 0.05) is 12.7 Å². The predicted molar refractivity (Wildman–Crippen MR) is 69.0 cm³/mol. The highest BCUT2D eigenvalue weighted by Gasteiger charge is 2.39. The maximum Gasteiger partial charge on any atom is 0.245 e. The molecule has 0 spiro atoms. The lowest BCUT2D eigenvalue weighted by molar-refractivity contribution is -0.122. The Hall–Kier alpha value is -1.29. The first-order chi connectivity index (χ1) is 8.06. The van der Waals surface area contributed by atoms with Gasteiger partial charge in [-0.25, -0.2) is 0 Å². The second-order valence-electron chi connectivity index (χ2n) is 5.36. The molecule has 0 radical (unpaired) electrons. The standard InChI is InChI=1S/C13H21N3O/c1-13(2)7-5-9-16(10-6-4-8-15-10)12(17)11(13)14-3/h4,6,8,11,14-15H,5,7,9H2,1-3H3. The third-order valence-electron chi connectivity index (χ3n) is 3.66. The zero-order chi connectivity index (χ0) is 12.5. The number of rotatable bonds is 2. The van der Waals surface area contributed by atoms with Crippen molar-refractivity contribution in [1.82, 2.24) is 10.3 Å². The van der Waals surface area contributed by atoms with Crippen LogP contribution in [0.15, 0.2) is 18.3 Å². The molecule has 4 heteroatoms. The molecule has 2 heterocycles. The summed E-state index contributed by atoms with van der Waals surface area (Å²) < 4.78 is 0. The largest absolute Gasteiger partial charge is 0.348 e. The number of carbonyl (C=O) groups excluding carboxylic acids is 1. The summed E-state index contributed by atoms with van der Waals surface area (Å²) in [4.78, 5) is 17.5. The number of hydrogen-bond acceptors (Lipinski definition) is 2. The van der Waals surface area contributed by atoms with Crippen LogP contribution in [-0.4, -0.2) is 30.5 Å². The van der Waals surface area contributed by atoms with E-state index in [0.717, 1.165) is 25.2 Å². The van der Waals surface area contributed by atoms with Crippen LogP contribution < -0.4 is 10.2 Å². The molecule has 4 nitrogen and oxygen atoms in total. The predicted octanol–water partition coefficient (Wildman–Crippen LogP) is 1.76. The molecule has 0 bridgehead atoms. The van der Waals surface area contributed by atoms with Crippen LogP contribution in [0.3, 0.4) is 0 Å². The van der Waals surface area contributed by atoms with Gasteiger partial charge >= 0.3 is 0 Å². The van der Waals surface area contributed by atoms with E-state index in [4.69, 9.17) is 0 Å². The third-order valence-corrected chi connectivity index (χ3v) is 3.66. The number of aromatic nitrogens is 1. The number of H-pyrrole nitrogens is 1. The zero-order valence-electron chi connectivity index (χ0n) is 10.8. The molecular weight excluding hydrogens is 214 g/mol. The molecule has 1 aliphatic heterocycles. The molecule has 1 aromatic heterocycles. The van der Waals surface area contributed by atoms with Crippen LogP contribution in [0.25, 0.3) is 0 Å². The Balaban J connectivity index is 2.29. The number of hydrogen-bond donors (Lipinski definition) is 2. The van der Waals surface area contributed by atoms with Gasteiger partial charge in [-0.3, -0.25) is 9.69 Å². The Kier molecular flexibility index (Phi) is 3.24. The Morgan fingerprint density at radius 3 is 2.88 bits per heavy atom. The fourth-order valence-corrected chi connectivity index (χ4v) is 2.68. The molecule has 0 aromatic carbocycles. The first-order valence-corrected chi connectivity index (χ1v) is 6.18. The maximum absolute atomic E-state index is 12.5. The van der Waals surface area contributed by atoms with E-state index in [-0.39, 0.29) is 17.4 Å². The molecular formula is C13H21N3O. The number of aromatic amines is 1. The van der Waals surface area contributed by atoms with Gasteiger partial charge in [0.05, 0.1) is 6.04 Å². The summed E-state index contributed by atoms with van der Waals surface area (Å²) in [6, 6.07) is 3.75. The fourth-order valence-electron chi connectivity index (χ4n) is 2.68. The minimum Gasteiger partial charge on any atom is -0.348 e. The van der Waals surface area contributed by atoms with Crippen molar-refractivity contribution >= 4 is 11.7 Å². The van der Waals surface area contributed by atoms with Crippen molar-refractivity contribution in [1.29, 1.82) is 0 Å². The Bertz CT molecular complexity index is 383. The van der Waals surface area contributed by atoms with Gasteiger partial charge in [0.25, 0.3) is 0 Å². The van der Waals surface area contributed by atoms with Gasteiger partial charge < -0.3 is 10.3 Å². The fraction of sp³-hybridized carbons (Fsp3) is 0.615. The van der Waals surface area contributed by atoms with Gasteiger partial charge in [-0.2, -0.15) is 0 Å². The molecule has 1 atom stereocenters. The minimum absolute atomic E-state index is 0.00712. The van der Waals surface area contributed by atoms with E-state index >= 15 is 0 Å². The smallest absolute Gasteiger partial charge is 0.245 e. The van der Waals surface area contributed by atoms with Gasteiger partial charge in [0.15, 0.2) is 0 Å². The van der Waals surface area contributed by atoms with E-state index in [1.807, 2.05) is 30.3 Å². The molecule has 94 valence electrons. The van der Waals surface area contributed by atoms with Crippen LogP contribution in [0.5, 0.6) is 0 Å². The molecule has 0 aliphatic carbocycles. The van der Waals surface area contributed by atoms with Crippen molar-refractivity contribution < 1.29 is 4.79 Å². The topological polar surface area (TPSA) is 48.1 Å². The number of carbonyl (C=O) groups is 1. The maximum atomic E-state index is 12.5. The van der Waals surface area contributed by atoms with E-state index < -0.39 is 0 Å². The molecule has 2 N–H and O–H groups in total. The van der Waals surface area contributed by atoms with Crippen molar-refractivity contribution in [2.24, 2.45) is 5.41 Å². The lowest BCUT2D eigenvalue weighted by atomic mass is 9.80. The molecule has 1 saturated heterocycles. The first kappa shape index (κ1) is 12.2. The van der Waals surface area contributed by atoms with E-state index in [0.29, 0.717) is 0 Å². The number of likely N-dealkylation sites (N-methyl/N-ethyl adjacent to an activating group) is 1. The van der Waals surface area contributed by atoms with Crippen LogP contribution in [-0.2, 0) is 4.79 Å². The molecule has 2 rings (SSSR count). The summed E-state index contributed by atoms with van der Waals surface area (Å²) in [5.41, 5.74) is 0.00712. The molecule has 1 fully saturated rings. The van der Waals surface area contributed by atoms with Gasteiger partial charge in [-0.1, -0.05) is 13.8 Å². The quantitative estimate of drug-likeness (QED) is 0.820. The normalized spacial score (nSPS) is 24.8. The lowest BCUT2D eigenvalue weighted by Crippen LogP contribution is -2.51. The van der Waals surface area contributed by atoms with E-state index in [1.165, 1.54) is 0 Å². The van der Waals surface area contributed by atoms with Crippen molar-refractivity contribution in [2.45, 2.75) is 32.7 Å². The van der Waals surface area contributed by atoms with Crippen molar-refractivity contribution in [3.05, 3.63) is 18.3 Å². The molecule has 0 saturated carbocycles. The van der Waals surface area contributed by atoms with Crippen LogP contribution in [0, 0.1) is 5.41 Å². The molecule has 1 amide bonds. The van der Waals surface area contributed by atoms with Crippen molar-refractivity contribution in [3.63, 3.8) is 0 Å². The molecule has 17 heavy (non-hydrogen) atoms. The van der Waals surface area contributed by atoms with Crippen LogP contribution in [0.2, 0.25) is 0 Å². The summed E-state index contributed by atoms with van der Waals surface area (Å²) in [5, 5.41) is 3.17. The van der Waals surface area contributed by atoms with E-state index in [1.54, 1.807) is 0 Å². The van der Waals surface area contributed by atoms with Gasteiger partial charge in [0.2, 0.25) is 5.91 Å². The van der Waals surface area contributed by atoms with E-state index in [9.17, 15) is 4.79 Å². The summed E-state index contributed by atoms with van der Waals surface area (Å²) in [5.74, 6) is 1.06. The number of nitrogens with one attached hydrogen (secondary N) is 2. The minimum atomic E-state index is -0.117. The number of anilines is 1. The zero-order valence-corrected chi connectivity index (χ0v) is 10.8. The average molecular weight is 235 g/mol. The second kappa shape index (κ2) is 4.53. The summed E-state index contributed by atoms with van der Waals surface area (Å²) >= 11 is 0.